The van der Waals surface area contributed by atoms with Crippen LogP contribution in [0.2, 0.25) is 0 Å². The minimum Gasteiger partial charge on any atom is -0.480 e. The highest BCUT2D eigenvalue weighted by Crippen LogP contribution is 2.09. The molecule has 0 rings (SSSR count). The molecule has 57 heavy (non-hydrogen) atoms. The summed E-state index contributed by atoms with van der Waals surface area (Å²) in [6, 6.07) is -8.46. The Labute approximate surface area is 329 Å². The summed E-state index contributed by atoms with van der Waals surface area (Å²) in [5.41, 5.74) is 32.0. The molecule has 0 aliphatic carbocycles. The zero-order valence-corrected chi connectivity index (χ0v) is 32.4. The lowest BCUT2D eigenvalue weighted by molar-refractivity contribution is -0.142. The number of aliphatic hydroxyl groups excluding tert-OH is 2. The van der Waals surface area contributed by atoms with Gasteiger partial charge in [0.15, 0.2) is 11.9 Å². The molecule has 0 saturated carbocycles. The van der Waals surface area contributed by atoms with Gasteiger partial charge in [0.2, 0.25) is 41.4 Å². The molecule has 25 heteroatoms. The minimum atomic E-state index is -1.66. The minimum absolute atomic E-state index is 0.0133. The number of nitrogens with zero attached hydrogens (tertiary/aromatic N) is 2. The number of rotatable bonds is 28. The zero-order chi connectivity index (χ0) is 43.8. The van der Waals surface area contributed by atoms with Crippen molar-refractivity contribution in [2.24, 2.45) is 50.3 Å². The van der Waals surface area contributed by atoms with Crippen LogP contribution in [0.5, 0.6) is 0 Å². The number of amides is 7. The first kappa shape index (κ1) is 51.2. The highest BCUT2D eigenvalue weighted by atomic mass is 16.4. The van der Waals surface area contributed by atoms with Gasteiger partial charge in [-0.2, -0.15) is 0 Å². The van der Waals surface area contributed by atoms with Gasteiger partial charge in [-0.3, -0.25) is 43.5 Å². The SMILES string of the molecule is CC(C)C[C@H](NC(=O)[C@@H](NC(=O)CNC(=O)[C@H](CO)NC(=O)[C@@H](N)CCC(N)=O)[C@@H](C)O)C(=O)N[C@@H](CCCN=C(N)N)C(=O)N[C@@H](CCCN=C(N)N)C(=O)O. The number of primary amides is 1. The fourth-order valence-electron chi connectivity index (χ4n) is 4.86. The molecule has 0 unspecified atom stereocenters. The molecule has 324 valence electrons. The number of nitrogens with two attached hydrogens (primary N) is 6. The molecule has 0 spiro atoms. The Balaban J connectivity index is 5.85. The molecule has 7 amide bonds. The Kier molecular flexibility index (Phi) is 24.1. The largest absolute Gasteiger partial charge is 0.480 e. The van der Waals surface area contributed by atoms with Gasteiger partial charge in [-0.25, -0.2) is 4.79 Å². The second kappa shape index (κ2) is 26.9. The lowest BCUT2D eigenvalue weighted by Gasteiger charge is -2.27. The summed E-state index contributed by atoms with van der Waals surface area (Å²) in [7, 11) is 0. The van der Waals surface area contributed by atoms with Gasteiger partial charge in [-0.05, 0) is 51.4 Å². The van der Waals surface area contributed by atoms with E-state index in [0.29, 0.717) is 0 Å². The number of aliphatic hydroxyl groups is 2. The van der Waals surface area contributed by atoms with E-state index >= 15 is 0 Å². The highest BCUT2D eigenvalue weighted by Gasteiger charge is 2.33. The van der Waals surface area contributed by atoms with Crippen molar-refractivity contribution in [2.75, 3.05) is 26.2 Å². The topological polar surface area (TPSA) is 450 Å². The lowest BCUT2D eigenvalue weighted by Crippen LogP contribution is -2.60. The van der Waals surface area contributed by atoms with Crippen molar-refractivity contribution in [3.63, 3.8) is 0 Å². The van der Waals surface area contributed by atoms with E-state index in [1.165, 1.54) is 6.92 Å². The molecule has 0 aromatic rings. The molecule has 0 aromatic carbocycles. The monoisotopic (exact) mass is 816 g/mol. The summed E-state index contributed by atoms with van der Waals surface area (Å²) in [6.07, 6.45) is -1.59. The van der Waals surface area contributed by atoms with Crippen LogP contribution in [0.1, 0.15) is 65.7 Å². The van der Waals surface area contributed by atoms with Gasteiger partial charge < -0.3 is 81.6 Å². The smallest absolute Gasteiger partial charge is 0.326 e. The molecule has 0 fully saturated rings. The average molecular weight is 817 g/mol. The summed E-state index contributed by atoms with van der Waals surface area (Å²) >= 11 is 0. The molecule has 0 aliphatic heterocycles. The standard InChI is InChI=1S/C32H60N14O11/c1-15(2)12-20(28(54)42-18(6-4-10-39-31(35)36)27(53)43-19(30(56)57)7-5-11-40-32(37)38)44-29(55)24(16(3)48)46-23(50)13-41-26(52)21(14-47)45-25(51)17(33)8-9-22(34)49/h15-21,24,47-48H,4-14,33H2,1-3H3,(H2,34,49)(H,41,52)(H,42,54)(H,43,53)(H,44,55)(H,45,51)(H,46,50)(H,56,57)(H4,35,36,39)(H4,37,38,40)/t16-,17+,18+,19+,20+,21+,24+/m1/s1. The Bertz CT molecular complexity index is 1440. The van der Waals surface area contributed by atoms with Gasteiger partial charge in [-0.15, -0.1) is 0 Å². The second-order valence-electron chi connectivity index (χ2n) is 13.4. The highest BCUT2D eigenvalue weighted by molar-refractivity contribution is 5.96. The summed E-state index contributed by atoms with van der Waals surface area (Å²) in [5, 5.41) is 43.6. The van der Waals surface area contributed by atoms with Crippen LogP contribution >= 0.6 is 0 Å². The molecule has 0 bridgehead atoms. The number of aliphatic imine (C=N–C) groups is 2. The van der Waals surface area contributed by atoms with E-state index in [9.17, 15) is 53.7 Å². The molecule has 0 aromatic heterocycles. The van der Waals surface area contributed by atoms with Crippen LogP contribution in [-0.2, 0) is 38.4 Å². The van der Waals surface area contributed by atoms with Crippen LogP contribution < -0.4 is 66.3 Å². The van der Waals surface area contributed by atoms with Crippen molar-refractivity contribution in [2.45, 2.75) is 108 Å². The maximum Gasteiger partial charge on any atom is 0.326 e. The van der Waals surface area contributed by atoms with Crippen molar-refractivity contribution >= 4 is 59.2 Å². The number of hydrogen-bond donors (Lipinski definition) is 15. The van der Waals surface area contributed by atoms with Crippen LogP contribution in [0.25, 0.3) is 0 Å². The summed E-state index contributed by atoms with van der Waals surface area (Å²) < 4.78 is 0. The summed E-state index contributed by atoms with van der Waals surface area (Å²) in [4.78, 5) is 108. The molecular formula is C32H60N14O11. The molecule has 21 N–H and O–H groups in total. The van der Waals surface area contributed by atoms with E-state index in [0.717, 1.165) is 0 Å². The third kappa shape index (κ3) is 22.4. The molecule has 0 aliphatic rings. The van der Waals surface area contributed by atoms with Gasteiger partial charge >= 0.3 is 5.97 Å². The second-order valence-corrected chi connectivity index (χ2v) is 13.4. The number of carbonyl (C=O) groups is 8. The number of aliphatic carboxylic acids is 1. The van der Waals surface area contributed by atoms with Crippen molar-refractivity contribution in [3.05, 3.63) is 0 Å². The molecule has 0 heterocycles. The Morgan fingerprint density at radius 1 is 0.632 bits per heavy atom. The predicted octanol–water partition coefficient (Wildman–Crippen LogP) is -7.27. The van der Waals surface area contributed by atoms with Gasteiger partial charge in [0.1, 0.15) is 30.2 Å². The molecule has 0 saturated heterocycles. The molecule has 7 atom stereocenters. The average Bonchev–Trinajstić information content (AvgIpc) is 3.11. The lowest BCUT2D eigenvalue weighted by atomic mass is 10.0. The zero-order valence-electron chi connectivity index (χ0n) is 32.4. The van der Waals surface area contributed by atoms with Crippen LogP contribution in [0.4, 0.5) is 0 Å². The van der Waals surface area contributed by atoms with Gasteiger partial charge in [0.05, 0.1) is 25.3 Å². The maximum absolute atomic E-state index is 13.6. The first-order chi connectivity index (χ1) is 26.6. The number of carboxylic acids is 1. The summed E-state index contributed by atoms with van der Waals surface area (Å²) in [5.74, 6) is -8.28. The first-order valence-electron chi connectivity index (χ1n) is 18.0. The number of nitrogens with one attached hydrogen (secondary N) is 6. The third-order valence-electron chi connectivity index (χ3n) is 7.84. The van der Waals surface area contributed by atoms with Crippen molar-refractivity contribution < 1.29 is 53.7 Å². The van der Waals surface area contributed by atoms with Crippen LogP contribution in [-0.4, -0.2) is 143 Å². The van der Waals surface area contributed by atoms with E-state index in [4.69, 9.17) is 34.4 Å². The van der Waals surface area contributed by atoms with Crippen LogP contribution in [0, 0.1) is 5.92 Å². The van der Waals surface area contributed by atoms with Crippen LogP contribution in [0.15, 0.2) is 9.98 Å². The Hall–Kier alpha value is -5.82. The quantitative estimate of drug-likeness (QED) is 0.0198. The van der Waals surface area contributed by atoms with E-state index in [1.807, 2.05) is 0 Å². The van der Waals surface area contributed by atoms with E-state index in [1.54, 1.807) is 13.8 Å². The van der Waals surface area contributed by atoms with Crippen molar-refractivity contribution in [3.8, 4) is 0 Å². The summed E-state index contributed by atoms with van der Waals surface area (Å²) in [6.45, 7) is 3.13. The first-order valence-corrected chi connectivity index (χ1v) is 18.0. The van der Waals surface area contributed by atoms with Gasteiger partial charge in [-0.1, -0.05) is 13.8 Å². The fourth-order valence-corrected chi connectivity index (χ4v) is 4.86. The molecule has 0 radical (unpaired) electrons. The predicted molar refractivity (Wildman–Crippen MR) is 205 cm³/mol. The number of hydrogen-bond acceptors (Lipinski definition) is 13. The fraction of sp³-hybridized carbons (Fsp3) is 0.688. The maximum atomic E-state index is 13.6. The van der Waals surface area contributed by atoms with Gasteiger partial charge in [0.25, 0.3) is 0 Å². The van der Waals surface area contributed by atoms with Gasteiger partial charge in [0, 0.05) is 19.5 Å². The molecule has 25 nitrogen and oxygen atoms in total. The number of carbonyl (C=O) groups excluding carboxylic acids is 7. The molecular weight excluding hydrogens is 756 g/mol. The normalized spacial score (nSPS) is 14.5. The number of carboxylic acid groups (broad SMARTS) is 1. The number of guanidine groups is 2. The third-order valence-corrected chi connectivity index (χ3v) is 7.84. The van der Waals surface area contributed by atoms with E-state index in [-0.39, 0.29) is 75.9 Å². The van der Waals surface area contributed by atoms with Crippen molar-refractivity contribution in [1.82, 2.24) is 31.9 Å². The van der Waals surface area contributed by atoms with E-state index in [2.05, 4.69) is 41.9 Å². The Morgan fingerprint density at radius 2 is 1.12 bits per heavy atom. The van der Waals surface area contributed by atoms with Crippen LogP contribution in [0.3, 0.4) is 0 Å². The Morgan fingerprint density at radius 3 is 1.60 bits per heavy atom. The van der Waals surface area contributed by atoms with E-state index < -0.39 is 103 Å². The van der Waals surface area contributed by atoms with Crippen molar-refractivity contribution in [1.29, 1.82) is 0 Å².